The van der Waals surface area contributed by atoms with E-state index < -0.39 is 5.97 Å². The van der Waals surface area contributed by atoms with Gasteiger partial charge in [-0.15, -0.1) is 0 Å². The molecule has 16 heavy (non-hydrogen) atoms. The number of nitrogens with zero attached hydrogens (tertiary/aromatic N) is 2. The molecule has 0 bridgehead atoms. The van der Waals surface area contributed by atoms with Gasteiger partial charge in [0.1, 0.15) is 0 Å². The molecular formula is C12H10N2O2. The topological polar surface area (TPSA) is 63.1 Å². The SMILES string of the molecule is Cc1ccc(-c2nccc(C(=O)O)n2)cc1. The molecule has 0 fully saturated rings. The van der Waals surface area contributed by atoms with E-state index in [4.69, 9.17) is 5.11 Å². The second kappa shape index (κ2) is 4.10. The molecule has 0 unspecified atom stereocenters. The fraction of sp³-hybridized carbons (Fsp3) is 0.0833. The maximum Gasteiger partial charge on any atom is 0.354 e. The summed E-state index contributed by atoms with van der Waals surface area (Å²) in [5, 5.41) is 8.81. The Morgan fingerprint density at radius 3 is 2.50 bits per heavy atom. The van der Waals surface area contributed by atoms with Crippen LogP contribution in [0.15, 0.2) is 36.5 Å². The van der Waals surface area contributed by atoms with Crippen molar-refractivity contribution < 1.29 is 9.90 Å². The third-order valence-corrected chi connectivity index (χ3v) is 2.18. The summed E-state index contributed by atoms with van der Waals surface area (Å²) in [5.74, 6) is -0.615. The summed E-state index contributed by atoms with van der Waals surface area (Å²) in [4.78, 5) is 18.8. The minimum absolute atomic E-state index is 0.00516. The van der Waals surface area contributed by atoms with Crippen LogP contribution in [0.5, 0.6) is 0 Å². The maximum atomic E-state index is 10.7. The summed E-state index contributed by atoms with van der Waals surface area (Å²) >= 11 is 0. The largest absolute Gasteiger partial charge is 0.477 e. The fourth-order valence-corrected chi connectivity index (χ4v) is 1.32. The zero-order valence-electron chi connectivity index (χ0n) is 8.71. The third-order valence-electron chi connectivity index (χ3n) is 2.18. The predicted octanol–water partition coefficient (Wildman–Crippen LogP) is 2.15. The van der Waals surface area contributed by atoms with Crippen molar-refractivity contribution in [2.75, 3.05) is 0 Å². The van der Waals surface area contributed by atoms with E-state index in [9.17, 15) is 4.79 Å². The monoisotopic (exact) mass is 214 g/mol. The molecular weight excluding hydrogens is 204 g/mol. The number of aryl methyl sites for hydroxylation is 1. The third kappa shape index (κ3) is 2.06. The number of hydrogen-bond donors (Lipinski definition) is 1. The molecule has 0 spiro atoms. The number of aromatic nitrogens is 2. The van der Waals surface area contributed by atoms with Crippen LogP contribution in [0, 0.1) is 6.92 Å². The van der Waals surface area contributed by atoms with E-state index in [1.54, 1.807) is 0 Å². The molecule has 0 amide bonds. The van der Waals surface area contributed by atoms with Crippen LogP contribution in [0.4, 0.5) is 0 Å². The van der Waals surface area contributed by atoms with Gasteiger partial charge in [-0.05, 0) is 13.0 Å². The van der Waals surface area contributed by atoms with Crippen LogP contribution in [0.2, 0.25) is 0 Å². The molecule has 0 aliphatic rings. The number of carboxylic acids is 1. The van der Waals surface area contributed by atoms with Crippen molar-refractivity contribution in [1.29, 1.82) is 0 Å². The van der Waals surface area contributed by atoms with Crippen molar-refractivity contribution >= 4 is 5.97 Å². The maximum absolute atomic E-state index is 10.7. The zero-order chi connectivity index (χ0) is 11.5. The number of aromatic carboxylic acids is 1. The molecule has 1 N–H and O–H groups in total. The van der Waals surface area contributed by atoms with Crippen molar-refractivity contribution in [1.82, 2.24) is 9.97 Å². The minimum atomic E-state index is -1.05. The van der Waals surface area contributed by atoms with Crippen LogP contribution in [-0.2, 0) is 0 Å². The minimum Gasteiger partial charge on any atom is -0.477 e. The molecule has 1 heterocycles. The normalized spacial score (nSPS) is 10.1. The molecule has 0 aliphatic carbocycles. The van der Waals surface area contributed by atoms with Gasteiger partial charge in [0.2, 0.25) is 0 Å². The highest BCUT2D eigenvalue weighted by atomic mass is 16.4. The van der Waals surface area contributed by atoms with E-state index in [0.29, 0.717) is 5.82 Å². The van der Waals surface area contributed by atoms with Crippen molar-refractivity contribution in [3.8, 4) is 11.4 Å². The van der Waals surface area contributed by atoms with Gasteiger partial charge in [0.05, 0.1) is 0 Å². The average Bonchev–Trinajstić information content (AvgIpc) is 2.30. The first-order valence-electron chi connectivity index (χ1n) is 4.80. The van der Waals surface area contributed by atoms with Gasteiger partial charge in [-0.25, -0.2) is 14.8 Å². The van der Waals surface area contributed by atoms with Crippen LogP contribution >= 0.6 is 0 Å². The number of carboxylic acid groups (broad SMARTS) is 1. The molecule has 4 heteroatoms. The Hall–Kier alpha value is -2.23. The molecule has 80 valence electrons. The smallest absolute Gasteiger partial charge is 0.354 e. The Kier molecular flexibility index (Phi) is 2.64. The van der Waals surface area contributed by atoms with Gasteiger partial charge < -0.3 is 5.11 Å². The Labute approximate surface area is 92.6 Å². The van der Waals surface area contributed by atoms with E-state index in [-0.39, 0.29) is 5.69 Å². The van der Waals surface area contributed by atoms with E-state index in [1.807, 2.05) is 31.2 Å². The lowest BCUT2D eigenvalue weighted by Crippen LogP contribution is -2.02. The summed E-state index contributed by atoms with van der Waals surface area (Å²) in [6.45, 7) is 1.98. The molecule has 1 aromatic carbocycles. The molecule has 2 aromatic rings. The highest BCUT2D eigenvalue weighted by molar-refractivity contribution is 5.85. The van der Waals surface area contributed by atoms with E-state index in [2.05, 4.69) is 9.97 Å². The van der Waals surface area contributed by atoms with Gasteiger partial charge in [-0.2, -0.15) is 0 Å². The van der Waals surface area contributed by atoms with Crippen LogP contribution < -0.4 is 0 Å². The van der Waals surface area contributed by atoms with Gasteiger partial charge in [0.15, 0.2) is 11.5 Å². The fourth-order valence-electron chi connectivity index (χ4n) is 1.32. The molecule has 1 aromatic heterocycles. The first-order chi connectivity index (χ1) is 7.66. The molecule has 0 saturated carbocycles. The number of benzene rings is 1. The van der Waals surface area contributed by atoms with E-state index >= 15 is 0 Å². The highest BCUT2D eigenvalue weighted by Crippen LogP contribution is 2.15. The lowest BCUT2D eigenvalue weighted by molar-refractivity contribution is 0.0690. The van der Waals surface area contributed by atoms with E-state index in [0.717, 1.165) is 11.1 Å². The number of hydrogen-bond acceptors (Lipinski definition) is 3. The van der Waals surface area contributed by atoms with Gasteiger partial charge in [0.25, 0.3) is 0 Å². The summed E-state index contributed by atoms with van der Waals surface area (Å²) in [6, 6.07) is 8.99. The molecule has 0 radical (unpaired) electrons. The van der Waals surface area contributed by atoms with Gasteiger partial charge in [0, 0.05) is 11.8 Å². The van der Waals surface area contributed by atoms with Crippen LogP contribution in [-0.4, -0.2) is 21.0 Å². The second-order valence-electron chi connectivity index (χ2n) is 3.44. The van der Waals surface area contributed by atoms with Gasteiger partial charge >= 0.3 is 5.97 Å². The highest BCUT2D eigenvalue weighted by Gasteiger charge is 2.07. The second-order valence-corrected chi connectivity index (χ2v) is 3.44. The van der Waals surface area contributed by atoms with Gasteiger partial charge in [-0.1, -0.05) is 29.8 Å². The molecule has 0 aliphatic heterocycles. The lowest BCUT2D eigenvalue weighted by atomic mass is 10.1. The van der Waals surface area contributed by atoms with Crippen molar-refractivity contribution in [2.45, 2.75) is 6.92 Å². The Bertz CT molecular complexity index is 521. The number of rotatable bonds is 2. The van der Waals surface area contributed by atoms with E-state index in [1.165, 1.54) is 12.3 Å². The number of carbonyl (C=O) groups is 1. The Morgan fingerprint density at radius 2 is 1.88 bits per heavy atom. The molecule has 2 rings (SSSR count). The van der Waals surface area contributed by atoms with Crippen LogP contribution in [0.3, 0.4) is 0 Å². The molecule has 0 saturated heterocycles. The molecule has 0 atom stereocenters. The van der Waals surface area contributed by atoms with Crippen molar-refractivity contribution in [3.05, 3.63) is 47.8 Å². The summed E-state index contributed by atoms with van der Waals surface area (Å²) in [5.41, 5.74) is 1.96. The summed E-state index contributed by atoms with van der Waals surface area (Å²) in [7, 11) is 0. The summed E-state index contributed by atoms with van der Waals surface area (Å²) < 4.78 is 0. The van der Waals surface area contributed by atoms with Crippen molar-refractivity contribution in [2.24, 2.45) is 0 Å². The van der Waals surface area contributed by atoms with Gasteiger partial charge in [-0.3, -0.25) is 0 Å². The van der Waals surface area contributed by atoms with Crippen LogP contribution in [0.25, 0.3) is 11.4 Å². The zero-order valence-corrected chi connectivity index (χ0v) is 8.71. The Morgan fingerprint density at radius 1 is 1.19 bits per heavy atom. The van der Waals surface area contributed by atoms with Crippen LogP contribution in [0.1, 0.15) is 16.1 Å². The summed E-state index contributed by atoms with van der Waals surface area (Å²) in [6.07, 6.45) is 1.45. The standard InChI is InChI=1S/C12H10N2O2/c1-8-2-4-9(5-3-8)11-13-7-6-10(14-11)12(15)16/h2-7H,1H3,(H,15,16). The average molecular weight is 214 g/mol. The first-order valence-corrected chi connectivity index (χ1v) is 4.80. The van der Waals surface area contributed by atoms with Crippen molar-refractivity contribution in [3.63, 3.8) is 0 Å². The quantitative estimate of drug-likeness (QED) is 0.831. The predicted molar refractivity (Wildman–Crippen MR) is 59.2 cm³/mol. The first kappa shape index (κ1) is 10.3. The lowest BCUT2D eigenvalue weighted by Gasteiger charge is -2.01. The Balaban J connectivity index is 2.44. The molecule has 4 nitrogen and oxygen atoms in total.